The van der Waals surface area contributed by atoms with Gasteiger partial charge in [0.15, 0.2) is 0 Å². The Bertz CT molecular complexity index is 362. The van der Waals surface area contributed by atoms with E-state index in [0.29, 0.717) is 12.0 Å². The summed E-state index contributed by atoms with van der Waals surface area (Å²) < 4.78 is 5.99. The minimum absolute atomic E-state index is 0.208. The number of aryl methyl sites for hydroxylation is 1. The van der Waals surface area contributed by atoms with Crippen molar-refractivity contribution in [3.05, 3.63) is 35.4 Å². The quantitative estimate of drug-likeness (QED) is 0.847. The Kier molecular flexibility index (Phi) is 4.19. The largest absolute Gasteiger partial charge is 0.372 e. The molecule has 1 N–H and O–H groups in total. The average Bonchev–Trinajstić information content (AvgIpc) is 2.55. The number of hydrogen-bond acceptors (Lipinski definition) is 2. The number of nitrogens with one attached hydrogen (secondary N) is 1. The second-order valence-corrected chi connectivity index (χ2v) is 5.26. The molecule has 1 fully saturated rings. The van der Waals surface area contributed by atoms with Crippen molar-refractivity contribution in [3.63, 3.8) is 0 Å². The first kappa shape index (κ1) is 12.6. The third-order valence-electron chi connectivity index (χ3n) is 3.65. The molecule has 0 bridgehead atoms. The molecule has 0 aromatic heterocycles. The van der Waals surface area contributed by atoms with Gasteiger partial charge in [-0.05, 0) is 30.4 Å². The van der Waals surface area contributed by atoms with Crippen molar-refractivity contribution in [3.8, 4) is 0 Å². The molecule has 94 valence electrons. The molecular weight excluding hydrogens is 210 g/mol. The lowest BCUT2D eigenvalue weighted by Gasteiger charge is -2.20. The Morgan fingerprint density at radius 1 is 1.29 bits per heavy atom. The molecule has 1 saturated heterocycles. The highest BCUT2D eigenvalue weighted by atomic mass is 16.5. The maximum atomic E-state index is 5.99. The summed E-state index contributed by atoms with van der Waals surface area (Å²) in [6, 6.07) is 9.10. The van der Waals surface area contributed by atoms with E-state index in [2.05, 4.69) is 50.4 Å². The Morgan fingerprint density at radius 2 is 2.06 bits per heavy atom. The van der Waals surface area contributed by atoms with Crippen molar-refractivity contribution in [2.45, 2.75) is 39.3 Å². The molecule has 2 nitrogen and oxygen atoms in total. The molecule has 0 spiro atoms. The van der Waals surface area contributed by atoms with Crippen LogP contribution in [-0.2, 0) is 4.74 Å². The SMILES string of the molecule is Cc1ccccc1C1CNC(C(C)C)CCO1. The van der Waals surface area contributed by atoms with Crippen LogP contribution in [0.25, 0.3) is 0 Å². The number of ether oxygens (including phenoxy) is 1. The summed E-state index contributed by atoms with van der Waals surface area (Å²) in [5.41, 5.74) is 2.65. The molecule has 17 heavy (non-hydrogen) atoms. The van der Waals surface area contributed by atoms with Gasteiger partial charge < -0.3 is 10.1 Å². The first-order chi connectivity index (χ1) is 8.18. The van der Waals surface area contributed by atoms with Gasteiger partial charge in [0.1, 0.15) is 0 Å². The van der Waals surface area contributed by atoms with E-state index in [4.69, 9.17) is 4.74 Å². The average molecular weight is 233 g/mol. The standard InChI is InChI=1S/C15H23NO/c1-11(2)14-8-9-17-15(10-16-14)13-7-5-4-6-12(13)3/h4-7,11,14-16H,8-10H2,1-3H3. The van der Waals surface area contributed by atoms with Crippen LogP contribution in [0, 0.1) is 12.8 Å². The summed E-state index contributed by atoms with van der Waals surface area (Å²) in [5, 5.41) is 3.63. The van der Waals surface area contributed by atoms with Crippen LogP contribution >= 0.6 is 0 Å². The minimum Gasteiger partial charge on any atom is -0.372 e. The Morgan fingerprint density at radius 3 is 2.76 bits per heavy atom. The summed E-state index contributed by atoms with van der Waals surface area (Å²) >= 11 is 0. The summed E-state index contributed by atoms with van der Waals surface area (Å²) in [7, 11) is 0. The molecule has 0 amide bonds. The molecule has 0 aliphatic carbocycles. The summed E-state index contributed by atoms with van der Waals surface area (Å²) in [6.07, 6.45) is 1.32. The van der Waals surface area contributed by atoms with Crippen molar-refractivity contribution < 1.29 is 4.74 Å². The third kappa shape index (κ3) is 3.08. The zero-order valence-electron chi connectivity index (χ0n) is 11.1. The van der Waals surface area contributed by atoms with E-state index in [-0.39, 0.29) is 6.10 Å². The lowest BCUT2D eigenvalue weighted by molar-refractivity contribution is 0.0656. The smallest absolute Gasteiger partial charge is 0.0951 e. The molecule has 0 radical (unpaired) electrons. The van der Waals surface area contributed by atoms with Crippen molar-refractivity contribution >= 4 is 0 Å². The molecule has 2 rings (SSSR count). The molecule has 0 saturated carbocycles. The van der Waals surface area contributed by atoms with Gasteiger partial charge in [-0.1, -0.05) is 38.1 Å². The van der Waals surface area contributed by atoms with Crippen molar-refractivity contribution in [1.82, 2.24) is 5.32 Å². The van der Waals surface area contributed by atoms with Crippen LogP contribution in [0.1, 0.15) is 37.5 Å². The van der Waals surface area contributed by atoms with Gasteiger partial charge in [0.2, 0.25) is 0 Å². The predicted molar refractivity (Wildman–Crippen MR) is 71.1 cm³/mol. The summed E-state index contributed by atoms with van der Waals surface area (Å²) in [5.74, 6) is 0.675. The van der Waals surface area contributed by atoms with Crippen LogP contribution in [0.3, 0.4) is 0 Å². The minimum atomic E-state index is 0.208. The van der Waals surface area contributed by atoms with Crippen LogP contribution in [0.5, 0.6) is 0 Å². The monoisotopic (exact) mass is 233 g/mol. The van der Waals surface area contributed by atoms with Crippen molar-refractivity contribution in [2.75, 3.05) is 13.2 Å². The number of rotatable bonds is 2. The van der Waals surface area contributed by atoms with E-state index >= 15 is 0 Å². The molecule has 1 aromatic carbocycles. The van der Waals surface area contributed by atoms with E-state index in [0.717, 1.165) is 19.6 Å². The topological polar surface area (TPSA) is 21.3 Å². The van der Waals surface area contributed by atoms with Gasteiger partial charge in [-0.3, -0.25) is 0 Å². The van der Waals surface area contributed by atoms with Crippen LogP contribution in [-0.4, -0.2) is 19.2 Å². The molecule has 1 aromatic rings. The third-order valence-corrected chi connectivity index (χ3v) is 3.65. The maximum Gasteiger partial charge on any atom is 0.0951 e. The fourth-order valence-electron chi connectivity index (χ4n) is 2.47. The molecule has 1 aliphatic heterocycles. The molecule has 2 unspecified atom stereocenters. The molecule has 2 heteroatoms. The number of hydrogen-bond donors (Lipinski definition) is 1. The van der Waals surface area contributed by atoms with Gasteiger partial charge in [0.25, 0.3) is 0 Å². The Labute approximate surface area is 104 Å². The molecule has 2 atom stereocenters. The predicted octanol–water partition coefficient (Wildman–Crippen LogP) is 3.07. The van der Waals surface area contributed by atoms with Gasteiger partial charge in [0, 0.05) is 19.2 Å². The lowest BCUT2D eigenvalue weighted by atomic mass is 10.0. The van der Waals surface area contributed by atoms with Crippen LogP contribution in [0.15, 0.2) is 24.3 Å². The molecule has 1 aliphatic rings. The molecular formula is C15H23NO. The summed E-state index contributed by atoms with van der Waals surface area (Å²) in [6.45, 7) is 8.48. The summed E-state index contributed by atoms with van der Waals surface area (Å²) in [4.78, 5) is 0. The van der Waals surface area contributed by atoms with Gasteiger partial charge in [0.05, 0.1) is 6.10 Å². The Balaban J connectivity index is 2.07. The van der Waals surface area contributed by atoms with E-state index in [1.54, 1.807) is 0 Å². The van der Waals surface area contributed by atoms with Crippen molar-refractivity contribution in [2.24, 2.45) is 5.92 Å². The van der Waals surface area contributed by atoms with E-state index in [1.165, 1.54) is 11.1 Å². The highest BCUT2D eigenvalue weighted by Crippen LogP contribution is 2.23. The number of benzene rings is 1. The van der Waals surface area contributed by atoms with Crippen molar-refractivity contribution in [1.29, 1.82) is 0 Å². The van der Waals surface area contributed by atoms with Gasteiger partial charge >= 0.3 is 0 Å². The van der Waals surface area contributed by atoms with Gasteiger partial charge in [-0.25, -0.2) is 0 Å². The molecule has 1 heterocycles. The first-order valence-corrected chi connectivity index (χ1v) is 6.59. The second kappa shape index (κ2) is 5.65. The maximum absolute atomic E-state index is 5.99. The van der Waals surface area contributed by atoms with Crippen LogP contribution in [0.4, 0.5) is 0 Å². The fraction of sp³-hybridized carbons (Fsp3) is 0.600. The zero-order chi connectivity index (χ0) is 12.3. The van der Waals surface area contributed by atoms with Crippen LogP contribution < -0.4 is 5.32 Å². The van der Waals surface area contributed by atoms with E-state index in [9.17, 15) is 0 Å². The van der Waals surface area contributed by atoms with Crippen LogP contribution in [0.2, 0.25) is 0 Å². The van der Waals surface area contributed by atoms with Gasteiger partial charge in [-0.15, -0.1) is 0 Å². The fourth-order valence-corrected chi connectivity index (χ4v) is 2.47. The van der Waals surface area contributed by atoms with E-state index < -0.39 is 0 Å². The lowest BCUT2D eigenvalue weighted by Crippen LogP contribution is -2.34. The van der Waals surface area contributed by atoms with E-state index in [1.807, 2.05) is 0 Å². The Hall–Kier alpha value is -0.860. The zero-order valence-corrected chi connectivity index (χ0v) is 11.1. The second-order valence-electron chi connectivity index (χ2n) is 5.26. The first-order valence-electron chi connectivity index (χ1n) is 6.59. The highest BCUT2D eigenvalue weighted by Gasteiger charge is 2.22. The normalized spacial score (nSPS) is 25.9. The highest BCUT2D eigenvalue weighted by molar-refractivity contribution is 5.28. The van der Waals surface area contributed by atoms with Gasteiger partial charge in [-0.2, -0.15) is 0 Å².